The highest BCUT2D eigenvalue weighted by atomic mass is 15.0. The van der Waals surface area contributed by atoms with Crippen LogP contribution in [-0.4, -0.2) is 9.55 Å². The first-order valence-electron chi connectivity index (χ1n) is 15.3. The van der Waals surface area contributed by atoms with Gasteiger partial charge in [-0.25, -0.2) is 0 Å². The number of nitrogens with zero attached hydrogens (tertiary/aromatic N) is 2. The molecule has 0 radical (unpaired) electrons. The second kappa shape index (κ2) is 9.71. The van der Waals surface area contributed by atoms with E-state index in [1.54, 1.807) is 0 Å². The Balaban J connectivity index is 1.40. The molecule has 0 bridgehead atoms. The molecule has 7 aromatic carbocycles. The van der Waals surface area contributed by atoms with Crippen molar-refractivity contribution in [3.63, 3.8) is 0 Å². The Morgan fingerprint density at radius 3 is 2.09 bits per heavy atom. The minimum absolute atomic E-state index is 0.695. The van der Waals surface area contributed by atoms with Gasteiger partial charge in [-0.2, -0.15) is 5.26 Å². The Hall–Kier alpha value is -6.11. The Bertz CT molecular complexity index is 2640. The van der Waals surface area contributed by atoms with Crippen molar-refractivity contribution in [1.29, 1.82) is 5.26 Å². The molecule has 0 aliphatic rings. The fraction of sp³-hybridized carbons (Fsp3) is 0.0238. The van der Waals surface area contributed by atoms with Gasteiger partial charge in [0.1, 0.15) is 0 Å². The normalized spacial score (nSPS) is 11.6. The molecule has 0 spiro atoms. The number of H-pyrrole nitrogens is 1. The third-order valence-electron chi connectivity index (χ3n) is 9.34. The van der Waals surface area contributed by atoms with Crippen molar-refractivity contribution in [2.45, 2.75) is 6.92 Å². The molecule has 0 saturated heterocycles. The highest BCUT2D eigenvalue weighted by molar-refractivity contribution is 6.28. The maximum Gasteiger partial charge on any atom is 0.0998 e. The van der Waals surface area contributed by atoms with Crippen LogP contribution in [0.15, 0.2) is 140 Å². The number of hydrogen-bond donors (Lipinski definition) is 1. The second-order valence-electron chi connectivity index (χ2n) is 11.7. The lowest BCUT2D eigenvalue weighted by atomic mass is 9.91. The summed E-state index contributed by atoms with van der Waals surface area (Å²) in [4.78, 5) is 3.83. The van der Waals surface area contributed by atoms with E-state index in [-0.39, 0.29) is 0 Å². The number of para-hydroxylation sites is 3. The smallest absolute Gasteiger partial charge is 0.0998 e. The van der Waals surface area contributed by atoms with Gasteiger partial charge in [0.25, 0.3) is 0 Å². The monoisotopic (exact) mass is 573 g/mol. The first-order chi connectivity index (χ1) is 22.2. The highest BCUT2D eigenvalue weighted by Gasteiger charge is 2.24. The number of benzene rings is 7. The predicted octanol–water partition coefficient (Wildman–Crippen LogP) is 11.1. The van der Waals surface area contributed by atoms with Gasteiger partial charge in [0.2, 0.25) is 0 Å². The third kappa shape index (κ3) is 3.63. The van der Waals surface area contributed by atoms with E-state index in [1.807, 2.05) is 12.1 Å². The Morgan fingerprint density at radius 1 is 0.600 bits per heavy atom. The van der Waals surface area contributed by atoms with Gasteiger partial charge in [-0.1, -0.05) is 109 Å². The minimum atomic E-state index is 0.695. The maximum atomic E-state index is 9.90. The van der Waals surface area contributed by atoms with Crippen LogP contribution in [0.3, 0.4) is 0 Å². The summed E-state index contributed by atoms with van der Waals surface area (Å²) in [6.07, 6.45) is 0. The number of aromatic amines is 1. The number of nitrogens with one attached hydrogen (secondary N) is 1. The molecular weight excluding hydrogens is 546 g/mol. The summed E-state index contributed by atoms with van der Waals surface area (Å²) in [7, 11) is 0. The van der Waals surface area contributed by atoms with Crippen LogP contribution in [0.1, 0.15) is 11.1 Å². The molecule has 0 aliphatic carbocycles. The van der Waals surface area contributed by atoms with E-state index in [9.17, 15) is 5.26 Å². The van der Waals surface area contributed by atoms with E-state index >= 15 is 0 Å². The van der Waals surface area contributed by atoms with Crippen LogP contribution in [0.5, 0.6) is 0 Å². The van der Waals surface area contributed by atoms with Gasteiger partial charge in [-0.3, -0.25) is 0 Å². The molecule has 45 heavy (non-hydrogen) atoms. The van der Waals surface area contributed by atoms with Crippen LogP contribution in [0.4, 0.5) is 0 Å². The molecule has 3 nitrogen and oxygen atoms in total. The fourth-order valence-electron chi connectivity index (χ4n) is 7.44. The molecule has 0 saturated carbocycles. The molecule has 0 unspecified atom stereocenters. The average molecular weight is 574 g/mol. The van der Waals surface area contributed by atoms with Gasteiger partial charge in [0, 0.05) is 43.7 Å². The van der Waals surface area contributed by atoms with Gasteiger partial charge in [0.15, 0.2) is 0 Å². The molecule has 0 fully saturated rings. The SMILES string of the molecule is Cc1c2c([nH]c3ccccc32)c(-c2ccc(-c3cccc4cccc(C#N)c34)cc2)c2c3ccccc3n(-c3ccccc3)c12. The standard InChI is InChI=1S/C42H27N3/c1-26-37-33-16-5-7-19-35(33)44-41(37)39(40-34-17-6-8-20-36(34)45(42(26)40)31-14-3-2-4-15-31)29-23-21-27(22-24-29)32-18-10-12-28-11-9-13-30(25-43)38(28)32/h2-24,44H,1H3. The van der Waals surface area contributed by atoms with Crippen LogP contribution in [-0.2, 0) is 0 Å². The van der Waals surface area contributed by atoms with Crippen LogP contribution >= 0.6 is 0 Å². The third-order valence-corrected chi connectivity index (χ3v) is 9.34. The molecule has 0 amide bonds. The summed E-state index contributed by atoms with van der Waals surface area (Å²) in [5, 5.41) is 16.9. The van der Waals surface area contributed by atoms with E-state index in [0.29, 0.717) is 5.56 Å². The molecule has 2 heterocycles. The van der Waals surface area contributed by atoms with E-state index in [0.717, 1.165) is 44.2 Å². The Labute approximate surface area is 260 Å². The minimum Gasteiger partial charge on any atom is -0.354 e. The van der Waals surface area contributed by atoms with Crippen molar-refractivity contribution in [3.05, 3.63) is 151 Å². The lowest BCUT2D eigenvalue weighted by Gasteiger charge is -2.14. The zero-order valence-corrected chi connectivity index (χ0v) is 24.7. The molecule has 1 N–H and O–H groups in total. The summed E-state index contributed by atoms with van der Waals surface area (Å²) < 4.78 is 2.43. The molecule has 9 aromatic rings. The van der Waals surface area contributed by atoms with Crippen molar-refractivity contribution in [1.82, 2.24) is 9.55 Å². The number of aryl methyl sites for hydroxylation is 1. The van der Waals surface area contributed by atoms with Gasteiger partial charge in [-0.05, 0) is 64.9 Å². The lowest BCUT2D eigenvalue weighted by Crippen LogP contribution is -1.96. The molecule has 3 heteroatoms. The Morgan fingerprint density at radius 2 is 1.29 bits per heavy atom. The first-order valence-corrected chi connectivity index (χ1v) is 15.3. The van der Waals surface area contributed by atoms with Crippen molar-refractivity contribution in [3.8, 4) is 34.0 Å². The second-order valence-corrected chi connectivity index (χ2v) is 11.7. The van der Waals surface area contributed by atoms with E-state index in [2.05, 4.69) is 150 Å². The van der Waals surface area contributed by atoms with E-state index < -0.39 is 0 Å². The largest absolute Gasteiger partial charge is 0.354 e. The zero-order valence-electron chi connectivity index (χ0n) is 24.7. The first kappa shape index (κ1) is 25.4. The van der Waals surface area contributed by atoms with Crippen LogP contribution < -0.4 is 0 Å². The summed E-state index contributed by atoms with van der Waals surface area (Å²) in [5.41, 5.74) is 12.3. The van der Waals surface area contributed by atoms with Crippen molar-refractivity contribution >= 4 is 54.4 Å². The zero-order chi connectivity index (χ0) is 30.1. The van der Waals surface area contributed by atoms with Gasteiger partial charge in [0.05, 0.1) is 28.2 Å². The van der Waals surface area contributed by atoms with E-state index in [4.69, 9.17) is 0 Å². The molecular formula is C42H27N3. The van der Waals surface area contributed by atoms with E-state index in [1.165, 1.54) is 43.7 Å². The maximum absolute atomic E-state index is 9.90. The summed E-state index contributed by atoms with van der Waals surface area (Å²) in [5.74, 6) is 0. The number of fused-ring (bicyclic) bond motifs is 7. The number of rotatable bonds is 3. The number of hydrogen-bond acceptors (Lipinski definition) is 1. The Kier molecular flexibility index (Phi) is 5.48. The lowest BCUT2D eigenvalue weighted by molar-refractivity contribution is 1.17. The van der Waals surface area contributed by atoms with Gasteiger partial charge in [-0.15, -0.1) is 0 Å². The molecule has 0 aliphatic heterocycles. The van der Waals surface area contributed by atoms with Gasteiger partial charge >= 0.3 is 0 Å². The van der Waals surface area contributed by atoms with Gasteiger partial charge < -0.3 is 9.55 Å². The molecule has 0 atom stereocenters. The number of aromatic nitrogens is 2. The predicted molar refractivity (Wildman–Crippen MR) is 188 cm³/mol. The van der Waals surface area contributed by atoms with Crippen LogP contribution in [0.25, 0.3) is 82.3 Å². The topological polar surface area (TPSA) is 44.5 Å². The number of nitriles is 1. The van der Waals surface area contributed by atoms with Crippen molar-refractivity contribution in [2.75, 3.05) is 0 Å². The summed E-state index contributed by atoms with van der Waals surface area (Å²) in [6, 6.07) is 51.5. The fourth-order valence-corrected chi connectivity index (χ4v) is 7.44. The van der Waals surface area contributed by atoms with Crippen LogP contribution in [0, 0.1) is 18.3 Å². The highest BCUT2D eigenvalue weighted by Crippen LogP contribution is 2.47. The quantitative estimate of drug-likeness (QED) is 0.224. The average Bonchev–Trinajstić information content (AvgIpc) is 3.66. The molecule has 210 valence electrons. The molecule has 9 rings (SSSR count). The van der Waals surface area contributed by atoms with Crippen molar-refractivity contribution in [2.24, 2.45) is 0 Å². The van der Waals surface area contributed by atoms with Crippen LogP contribution in [0.2, 0.25) is 0 Å². The molecule has 2 aromatic heterocycles. The van der Waals surface area contributed by atoms with Crippen molar-refractivity contribution < 1.29 is 0 Å². The summed E-state index contributed by atoms with van der Waals surface area (Å²) in [6.45, 7) is 2.27. The summed E-state index contributed by atoms with van der Waals surface area (Å²) >= 11 is 0.